The first-order valence-corrected chi connectivity index (χ1v) is 7.95. The van der Waals surface area contributed by atoms with Gasteiger partial charge in [0.15, 0.2) is 0 Å². The number of nitrogens with one attached hydrogen (secondary N) is 1. The Morgan fingerprint density at radius 1 is 1.29 bits per heavy atom. The minimum absolute atomic E-state index is 0.164. The summed E-state index contributed by atoms with van der Waals surface area (Å²) < 4.78 is 11.1. The van der Waals surface area contributed by atoms with Crippen LogP contribution < -0.4 is 0 Å². The lowest BCUT2D eigenvalue weighted by Crippen LogP contribution is -2.42. The molecule has 2 aliphatic rings. The lowest BCUT2D eigenvalue weighted by Gasteiger charge is -2.36. The van der Waals surface area contributed by atoms with Gasteiger partial charge in [0.25, 0.3) is 5.91 Å². The normalized spacial score (nSPS) is 20.2. The second-order valence-corrected chi connectivity index (χ2v) is 5.78. The second kappa shape index (κ2) is 5.99. The van der Waals surface area contributed by atoms with Crippen molar-refractivity contribution in [3.63, 3.8) is 0 Å². The number of pyridine rings is 1. The summed E-state index contributed by atoms with van der Waals surface area (Å²) >= 11 is 0. The highest BCUT2D eigenvalue weighted by atomic mass is 16.6. The predicted octanol–water partition coefficient (Wildman–Crippen LogP) is 1.56. The van der Waals surface area contributed by atoms with E-state index in [4.69, 9.17) is 9.47 Å². The molecule has 0 radical (unpaired) electrons. The second-order valence-electron chi connectivity index (χ2n) is 5.78. The highest BCUT2D eigenvalue weighted by Crippen LogP contribution is 2.34. The maximum Gasteiger partial charge on any atom is 0.293 e. The predicted molar refractivity (Wildman–Crippen MR) is 84.7 cm³/mol. The van der Waals surface area contributed by atoms with Crippen molar-refractivity contribution in [2.24, 2.45) is 0 Å². The number of amides is 1. The average Bonchev–Trinajstić information content (AvgIpc) is 3.10. The van der Waals surface area contributed by atoms with Crippen molar-refractivity contribution < 1.29 is 14.3 Å². The van der Waals surface area contributed by atoms with E-state index in [2.05, 4.69) is 15.0 Å². The standard InChI is InChI=1S/C17H18N4O3/c1-11-16(24-9-8-23-11)17(22)21-7-4-13-14(20-10-19-13)15(21)12-2-5-18-6-3-12/h2-3,5-6,10,15H,4,7-9H2,1H3,(H,19,20). The Kier molecular flexibility index (Phi) is 3.68. The Labute approximate surface area is 139 Å². The van der Waals surface area contributed by atoms with Crippen LogP contribution in [0.2, 0.25) is 0 Å². The molecule has 1 unspecified atom stereocenters. The van der Waals surface area contributed by atoms with E-state index in [9.17, 15) is 4.79 Å². The molecule has 1 atom stereocenters. The average molecular weight is 326 g/mol. The van der Waals surface area contributed by atoms with Gasteiger partial charge in [0.05, 0.1) is 12.0 Å². The third-order valence-electron chi connectivity index (χ3n) is 4.37. The highest BCUT2D eigenvalue weighted by Gasteiger charge is 2.37. The van der Waals surface area contributed by atoms with Gasteiger partial charge in [-0.05, 0) is 24.6 Å². The summed E-state index contributed by atoms with van der Waals surface area (Å²) in [6, 6.07) is 3.56. The lowest BCUT2D eigenvalue weighted by molar-refractivity contribution is -0.135. The van der Waals surface area contributed by atoms with Crippen LogP contribution in [0.5, 0.6) is 0 Å². The van der Waals surface area contributed by atoms with E-state index < -0.39 is 0 Å². The van der Waals surface area contributed by atoms with E-state index in [0.29, 0.717) is 31.3 Å². The zero-order chi connectivity index (χ0) is 16.5. The van der Waals surface area contributed by atoms with E-state index in [0.717, 1.165) is 23.4 Å². The van der Waals surface area contributed by atoms with E-state index in [-0.39, 0.29) is 11.9 Å². The summed E-state index contributed by atoms with van der Waals surface area (Å²) in [6.07, 6.45) is 5.86. The molecule has 7 heteroatoms. The number of allylic oxidation sites excluding steroid dienone is 1. The molecule has 124 valence electrons. The lowest BCUT2D eigenvalue weighted by atomic mass is 9.96. The van der Waals surface area contributed by atoms with Crippen molar-refractivity contribution in [1.29, 1.82) is 0 Å². The van der Waals surface area contributed by atoms with Gasteiger partial charge in [0.1, 0.15) is 25.0 Å². The zero-order valence-electron chi connectivity index (χ0n) is 13.4. The zero-order valence-corrected chi connectivity index (χ0v) is 13.4. The van der Waals surface area contributed by atoms with E-state index in [1.165, 1.54) is 0 Å². The molecule has 0 aliphatic carbocycles. The van der Waals surface area contributed by atoms with Crippen LogP contribution >= 0.6 is 0 Å². The van der Waals surface area contributed by atoms with Gasteiger partial charge >= 0.3 is 0 Å². The fourth-order valence-electron chi connectivity index (χ4n) is 3.23. The van der Waals surface area contributed by atoms with Gasteiger partial charge in [0, 0.05) is 31.1 Å². The molecule has 7 nitrogen and oxygen atoms in total. The van der Waals surface area contributed by atoms with Gasteiger partial charge in [-0.1, -0.05) is 0 Å². The molecule has 0 spiro atoms. The molecule has 2 aromatic rings. The Balaban J connectivity index is 1.75. The van der Waals surface area contributed by atoms with Crippen molar-refractivity contribution in [1.82, 2.24) is 19.9 Å². The van der Waals surface area contributed by atoms with Crippen LogP contribution in [0.3, 0.4) is 0 Å². The van der Waals surface area contributed by atoms with Crippen LogP contribution in [-0.4, -0.2) is 45.5 Å². The summed E-state index contributed by atoms with van der Waals surface area (Å²) in [5.74, 6) is 0.662. The molecule has 0 fully saturated rings. The number of H-pyrrole nitrogens is 1. The van der Waals surface area contributed by atoms with Gasteiger partial charge < -0.3 is 19.4 Å². The van der Waals surface area contributed by atoms with Crippen LogP contribution in [0.1, 0.15) is 29.9 Å². The molecule has 2 aromatic heterocycles. The number of nitrogens with zero attached hydrogens (tertiary/aromatic N) is 3. The minimum atomic E-state index is -0.263. The fourth-order valence-corrected chi connectivity index (χ4v) is 3.23. The molecule has 0 bridgehead atoms. The Morgan fingerprint density at radius 3 is 2.88 bits per heavy atom. The number of aromatic amines is 1. The Bertz CT molecular complexity index is 784. The molecule has 4 heterocycles. The number of ether oxygens (including phenoxy) is 2. The maximum absolute atomic E-state index is 13.1. The van der Waals surface area contributed by atoms with Crippen LogP contribution in [0, 0.1) is 0 Å². The number of fused-ring (bicyclic) bond motifs is 1. The van der Waals surface area contributed by atoms with Crippen molar-refractivity contribution in [2.45, 2.75) is 19.4 Å². The molecular formula is C17H18N4O3. The van der Waals surface area contributed by atoms with E-state index in [1.807, 2.05) is 12.1 Å². The van der Waals surface area contributed by atoms with Gasteiger partial charge in [-0.25, -0.2) is 4.98 Å². The van der Waals surface area contributed by atoms with E-state index in [1.54, 1.807) is 30.5 Å². The van der Waals surface area contributed by atoms with Gasteiger partial charge in [-0.3, -0.25) is 9.78 Å². The topological polar surface area (TPSA) is 80.3 Å². The summed E-state index contributed by atoms with van der Waals surface area (Å²) in [5, 5.41) is 0. The number of rotatable bonds is 2. The third-order valence-corrected chi connectivity index (χ3v) is 4.37. The summed E-state index contributed by atoms with van der Waals surface area (Å²) in [5.41, 5.74) is 2.91. The molecule has 1 amide bonds. The van der Waals surface area contributed by atoms with Crippen molar-refractivity contribution >= 4 is 5.91 Å². The molecule has 0 saturated heterocycles. The molecule has 0 saturated carbocycles. The Morgan fingerprint density at radius 2 is 2.08 bits per heavy atom. The number of carbonyl (C=O) groups is 1. The number of carbonyl (C=O) groups excluding carboxylic acids is 1. The molecule has 4 rings (SSSR count). The molecule has 1 N–H and O–H groups in total. The quantitative estimate of drug-likeness (QED) is 0.906. The number of imidazole rings is 1. The first-order chi connectivity index (χ1) is 11.8. The summed E-state index contributed by atoms with van der Waals surface area (Å²) in [7, 11) is 0. The smallest absolute Gasteiger partial charge is 0.293 e. The maximum atomic E-state index is 13.1. The van der Waals surface area contributed by atoms with Crippen LogP contribution in [0.15, 0.2) is 42.4 Å². The molecular weight excluding hydrogens is 308 g/mol. The minimum Gasteiger partial charge on any atom is -0.491 e. The Hall–Kier alpha value is -2.83. The first-order valence-electron chi connectivity index (χ1n) is 7.95. The fraction of sp³-hybridized carbons (Fsp3) is 0.353. The molecule has 0 aromatic carbocycles. The first kappa shape index (κ1) is 14.7. The molecule has 2 aliphatic heterocycles. The SMILES string of the molecule is CC1=C(C(=O)N2CCc3[nH]cnc3C2c2ccncc2)OCCO1. The summed E-state index contributed by atoms with van der Waals surface area (Å²) in [6.45, 7) is 3.21. The monoisotopic (exact) mass is 326 g/mol. The van der Waals surface area contributed by atoms with E-state index >= 15 is 0 Å². The van der Waals surface area contributed by atoms with Crippen LogP contribution in [-0.2, 0) is 20.7 Å². The van der Waals surface area contributed by atoms with Crippen molar-refractivity contribution in [3.05, 3.63) is 59.3 Å². The van der Waals surface area contributed by atoms with Crippen LogP contribution in [0.25, 0.3) is 0 Å². The number of hydrogen-bond acceptors (Lipinski definition) is 5. The van der Waals surface area contributed by atoms with Gasteiger partial charge in [0.2, 0.25) is 5.76 Å². The summed E-state index contributed by atoms with van der Waals surface area (Å²) in [4.78, 5) is 26.6. The van der Waals surface area contributed by atoms with Crippen molar-refractivity contribution in [3.8, 4) is 0 Å². The number of hydrogen-bond donors (Lipinski definition) is 1. The van der Waals surface area contributed by atoms with Gasteiger partial charge in [-0.2, -0.15) is 0 Å². The number of aromatic nitrogens is 3. The largest absolute Gasteiger partial charge is 0.491 e. The van der Waals surface area contributed by atoms with Crippen molar-refractivity contribution in [2.75, 3.05) is 19.8 Å². The molecule has 24 heavy (non-hydrogen) atoms. The van der Waals surface area contributed by atoms with Crippen LogP contribution in [0.4, 0.5) is 0 Å². The third kappa shape index (κ3) is 2.42. The highest BCUT2D eigenvalue weighted by molar-refractivity contribution is 5.92. The van der Waals surface area contributed by atoms with Gasteiger partial charge in [-0.15, -0.1) is 0 Å².